The van der Waals surface area contributed by atoms with Gasteiger partial charge in [0.1, 0.15) is 0 Å². The van der Waals surface area contributed by atoms with Crippen LogP contribution in [0.15, 0.2) is 0 Å². The molecule has 0 aromatic heterocycles. The average Bonchev–Trinajstić information content (AvgIpc) is 2.68. The van der Waals surface area contributed by atoms with E-state index in [4.69, 9.17) is 5.73 Å². The van der Waals surface area contributed by atoms with E-state index in [-0.39, 0.29) is 17.9 Å². The van der Waals surface area contributed by atoms with Crippen molar-refractivity contribution in [3.8, 4) is 0 Å². The first-order valence-corrected chi connectivity index (χ1v) is 6.82. The minimum Gasteiger partial charge on any atom is -0.353 e. The number of nitrogens with two attached hydrogens (primary N) is 1. The molecule has 0 spiro atoms. The van der Waals surface area contributed by atoms with E-state index in [0.29, 0.717) is 12.0 Å². The SMILES string of the molecule is CC1CN(C)CCC1NC(=O)C1CCCC1N. The van der Waals surface area contributed by atoms with Crippen LogP contribution in [-0.4, -0.2) is 43.0 Å². The molecule has 1 aliphatic heterocycles. The second kappa shape index (κ2) is 5.36. The lowest BCUT2D eigenvalue weighted by Crippen LogP contribution is -2.51. The summed E-state index contributed by atoms with van der Waals surface area (Å²) in [6.45, 7) is 4.36. The molecule has 3 N–H and O–H groups in total. The predicted molar refractivity (Wildman–Crippen MR) is 68.5 cm³/mol. The lowest BCUT2D eigenvalue weighted by molar-refractivity contribution is -0.126. The molecule has 0 aromatic carbocycles. The van der Waals surface area contributed by atoms with Crippen LogP contribution in [0.2, 0.25) is 0 Å². The Balaban J connectivity index is 1.86. The zero-order chi connectivity index (χ0) is 12.4. The van der Waals surface area contributed by atoms with Crippen LogP contribution in [0.1, 0.15) is 32.6 Å². The first kappa shape index (κ1) is 12.8. The first-order valence-electron chi connectivity index (χ1n) is 6.82. The molecule has 0 bridgehead atoms. The average molecular weight is 239 g/mol. The van der Waals surface area contributed by atoms with Gasteiger partial charge in [0.25, 0.3) is 0 Å². The van der Waals surface area contributed by atoms with Crippen molar-refractivity contribution in [3.05, 3.63) is 0 Å². The number of carbonyl (C=O) groups is 1. The highest BCUT2D eigenvalue weighted by atomic mass is 16.2. The van der Waals surface area contributed by atoms with Gasteiger partial charge in [0.05, 0.1) is 5.92 Å². The minimum atomic E-state index is 0.0573. The Morgan fingerprint density at radius 2 is 2.12 bits per heavy atom. The molecule has 98 valence electrons. The van der Waals surface area contributed by atoms with Crippen molar-refractivity contribution in [1.29, 1.82) is 0 Å². The molecule has 1 heterocycles. The standard InChI is InChI=1S/C13H25N3O/c1-9-8-16(2)7-6-12(9)15-13(17)10-4-3-5-11(10)14/h9-12H,3-8,14H2,1-2H3,(H,15,17). The normalized spacial score (nSPS) is 39.2. The molecular weight excluding hydrogens is 214 g/mol. The van der Waals surface area contributed by atoms with Gasteiger partial charge in [-0.15, -0.1) is 0 Å². The van der Waals surface area contributed by atoms with Crippen molar-refractivity contribution in [2.75, 3.05) is 20.1 Å². The molecule has 1 amide bonds. The number of hydrogen-bond donors (Lipinski definition) is 2. The number of hydrogen-bond acceptors (Lipinski definition) is 3. The number of amides is 1. The van der Waals surface area contributed by atoms with Gasteiger partial charge in [0.2, 0.25) is 5.91 Å². The van der Waals surface area contributed by atoms with E-state index in [2.05, 4.69) is 24.2 Å². The van der Waals surface area contributed by atoms with Crippen LogP contribution in [0.3, 0.4) is 0 Å². The summed E-state index contributed by atoms with van der Waals surface area (Å²) in [5.41, 5.74) is 5.97. The van der Waals surface area contributed by atoms with E-state index in [9.17, 15) is 4.79 Å². The van der Waals surface area contributed by atoms with Gasteiger partial charge in [0, 0.05) is 18.6 Å². The maximum atomic E-state index is 12.1. The fraction of sp³-hybridized carbons (Fsp3) is 0.923. The van der Waals surface area contributed by atoms with E-state index in [0.717, 1.165) is 38.8 Å². The molecular formula is C13H25N3O. The largest absolute Gasteiger partial charge is 0.353 e. The van der Waals surface area contributed by atoms with E-state index in [1.54, 1.807) is 0 Å². The second-order valence-corrected chi connectivity index (χ2v) is 5.84. The smallest absolute Gasteiger partial charge is 0.224 e. The molecule has 4 unspecified atom stereocenters. The Labute approximate surface area is 104 Å². The molecule has 17 heavy (non-hydrogen) atoms. The number of likely N-dealkylation sites (tertiary alicyclic amines) is 1. The van der Waals surface area contributed by atoms with Crippen molar-refractivity contribution in [2.24, 2.45) is 17.6 Å². The number of carbonyl (C=O) groups excluding carboxylic acids is 1. The molecule has 1 aliphatic carbocycles. The molecule has 4 atom stereocenters. The number of nitrogens with one attached hydrogen (secondary N) is 1. The summed E-state index contributed by atoms with van der Waals surface area (Å²) in [4.78, 5) is 14.5. The summed E-state index contributed by atoms with van der Waals surface area (Å²) in [6.07, 6.45) is 4.13. The molecule has 2 aliphatic rings. The van der Waals surface area contributed by atoms with Crippen molar-refractivity contribution >= 4 is 5.91 Å². The monoisotopic (exact) mass is 239 g/mol. The Bertz CT molecular complexity index is 282. The summed E-state index contributed by atoms with van der Waals surface area (Å²) in [6, 6.07) is 0.420. The lowest BCUT2D eigenvalue weighted by atomic mass is 9.93. The van der Waals surface area contributed by atoms with Crippen molar-refractivity contribution in [1.82, 2.24) is 10.2 Å². The summed E-state index contributed by atoms with van der Waals surface area (Å²) in [5, 5.41) is 3.22. The number of rotatable bonds is 2. The van der Waals surface area contributed by atoms with Crippen LogP contribution < -0.4 is 11.1 Å². The van der Waals surface area contributed by atoms with Gasteiger partial charge in [-0.2, -0.15) is 0 Å². The van der Waals surface area contributed by atoms with Crippen molar-refractivity contribution < 1.29 is 4.79 Å². The third-order valence-electron chi connectivity index (χ3n) is 4.34. The molecule has 2 rings (SSSR count). The minimum absolute atomic E-state index is 0.0573. The quantitative estimate of drug-likeness (QED) is 0.741. The van der Waals surface area contributed by atoms with Gasteiger partial charge in [-0.1, -0.05) is 13.3 Å². The van der Waals surface area contributed by atoms with E-state index in [1.165, 1.54) is 0 Å². The van der Waals surface area contributed by atoms with Crippen molar-refractivity contribution in [3.63, 3.8) is 0 Å². The molecule has 4 heteroatoms. The van der Waals surface area contributed by atoms with Crippen molar-refractivity contribution in [2.45, 2.75) is 44.7 Å². The Kier molecular flexibility index (Phi) is 4.05. The van der Waals surface area contributed by atoms with E-state index in [1.807, 2.05) is 0 Å². The van der Waals surface area contributed by atoms with Crippen LogP contribution in [0.5, 0.6) is 0 Å². The van der Waals surface area contributed by atoms with Crippen LogP contribution >= 0.6 is 0 Å². The zero-order valence-electron chi connectivity index (χ0n) is 11.0. The molecule has 2 fully saturated rings. The van der Waals surface area contributed by atoms with Crippen LogP contribution in [0, 0.1) is 11.8 Å². The second-order valence-electron chi connectivity index (χ2n) is 5.84. The van der Waals surface area contributed by atoms with Gasteiger partial charge in [-0.05, 0) is 38.8 Å². The molecule has 4 nitrogen and oxygen atoms in total. The summed E-state index contributed by atoms with van der Waals surface area (Å²) >= 11 is 0. The number of piperidine rings is 1. The molecule has 0 aromatic rings. The molecule has 0 radical (unpaired) electrons. The van der Waals surface area contributed by atoms with Gasteiger partial charge in [-0.3, -0.25) is 4.79 Å². The highest BCUT2D eigenvalue weighted by molar-refractivity contribution is 5.80. The third kappa shape index (κ3) is 2.99. The predicted octanol–water partition coefficient (Wildman–Crippen LogP) is 0.570. The summed E-state index contributed by atoms with van der Waals surface area (Å²) in [7, 11) is 2.14. The van der Waals surface area contributed by atoms with Crippen LogP contribution in [-0.2, 0) is 4.79 Å². The molecule has 1 saturated heterocycles. The first-order chi connectivity index (χ1) is 8.08. The Morgan fingerprint density at radius 1 is 1.35 bits per heavy atom. The summed E-state index contributed by atoms with van der Waals surface area (Å²) < 4.78 is 0. The number of nitrogens with zero attached hydrogens (tertiary/aromatic N) is 1. The molecule has 1 saturated carbocycles. The van der Waals surface area contributed by atoms with Gasteiger partial charge >= 0.3 is 0 Å². The van der Waals surface area contributed by atoms with Crippen LogP contribution in [0.4, 0.5) is 0 Å². The van der Waals surface area contributed by atoms with E-state index < -0.39 is 0 Å². The third-order valence-corrected chi connectivity index (χ3v) is 4.34. The highest BCUT2D eigenvalue weighted by Crippen LogP contribution is 2.25. The highest BCUT2D eigenvalue weighted by Gasteiger charge is 2.33. The Hall–Kier alpha value is -0.610. The van der Waals surface area contributed by atoms with Crippen LogP contribution in [0.25, 0.3) is 0 Å². The fourth-order valence-corrected chi connectivity index (χ4v) is 3.17. The topological polar surface area (TPSA) is 58.4 Å². The van der Waals surface area contributed by atoms with Gasteiger partial charge in [-0.25, -0.2) is 0 Å². The lowest BCUT2D eigenvalue weighted by Gasteiger charge is -2.36. The maximum absolute atomic E-state index is 12.1. The Morgan fingerprint density at radius 3 is 2.71 bits per heavy atom. The van der Waals surface area contributed by atoms with Gasteiger partial charge in [0.15, 0.2) is 0 Å². The maximum Gasteiger partial charge on any atom is 0.224 e. The van der Waals surface area contributed by atoms with Gasteiger partial charge < -0.3 is 16.0 Å². The summed E-state index contributed by atoms with van der Waals surface area (Å²) in [5.74, 6) is 0.786. The van der Waals surface area contributed by atoms with E-state index >= 15 is 0 Å². The fourth-order valence-electron chi connectivity index (χ4n) is 3.17. The zero-order valence-corrected chi connectivity index (χ0v) is 11.0.